The van der Waals surface area contributed by atoms with Crippen LogP contribution in [0.1, 0.15) is 32.9 Å². The van der Waals surface area contributed by atoms with Gasteiger partial charge in [-0.05, 0) is 27.2 Å². The van der Waals surface area contributed by atoms with E-state index in [2.05, 4.69) is 35.4 Å². The lowest BCUT2D eigenvalue weighted by atomic mass is 10.0. The summed E-state index contributed by atoms with van der Waals surface area (Å²) in [7, 11) is 1.93. The molecule has 2 aromatic rings. The first-order chi connectivity index (χ1) is 7.38. The van der Waals surface area contributed by atoms with Crippen molar-refractivity contribution in [2.24, 2.45) is 7.05 Å². The van der Waals surface area contributed by atoms with E-state index in [4.69, 9.17) is 5.73 Å². The van der Waals surface area contributed by atoms with Gasteiger partial charge in [-0.15, -0.1) is 0 Å². The van der Waals surface area contributed by atoms with Gasteiger partial charge >= 0.3 is 0 Å². The first-order valence-corrected chi connectivity index (χ1v) is 5.56. The Morgan fingerprint density at radius 1 is 1.38 bits per heavy atom. The van der Waals surface area contributed by atoms with Crippen molar-refractivity contribution in [3.05, 3.63) is 5.69 Å². The molecule has 2 N–H and O–H groups in total. The molecule has 0 radical (unpaired) electrons. The number of nitrogens with two attached hydrogens (primary N) is 1. The Morgan fingerprint density at radius 3 is 2.56 bits per heavy atom. The molecule has 0 aliphatic heterocycles. The van der Waals surface area contributed by atoms with Crippen molar-refractivity contribution in [3.63, 3.8) is 0 Å². The number of hydrogen-bond donors (Lipinski definition) is 1. The molecular formula is C11H19N5. The Kier molecular flexibility index (Phi) is 2.22. The van der Waals surface area contributed by atoms with E-state index < -0.39 is 0 Å². The summed E-state index contributed by atoms with van der Waals surface area (Å²) >= 11 is 0. The van der Waals surface area contributed by atoms with E-state index in [0.29, 0.717) is 5.95 Å². The van der Waals surface area contributed by atoms with E-state index in [-0.39, 0.29) is 5.54 Å². The zero-order valence-electron chi connectivity index (χ0n) is 10.6. The van der Waals surface area contributed by atoms with Gasteiger partial charge in [0.1, 0.15) is 5.52 Å². The summed E-state index contributed by atoms with van der Waals surface area (Å²) in [6.07, 6.45) is 0.993. The average molecular weight is 221 g/mol. The Labute approximate surface area is 95.3 Å². The van der Waals surface area contributed by atoms with E-state index >= 15 is 0 Å². The highest BCUT2D eigenvalue weighted by Crippen LogP contribution is 2.29. The van der Waals surface area contributed by atoms with Crippen LogP contribution in [0.5, 0.6) is 0 Å². The molecule has 2 rings (SSSR count). The molecule has 0 aliphatic carbocycles. The first kappa shape index (κ1) is 11.0. The molecular weight excluding hydrogens is 202 g/mol. The lowest BCUT2D eigenvalue weighted by Gasteiger charge is -2.26. The molecule has 0 atom stereocenters. The van der Waals surface area contributed by atoms with E-state index in [1.165, 1.54) is 0 Å². The number of aromatic nitrogens is 4. The zero-order chi connectivity index (χ0) is 12.1. The van der Waals surface area contributed by atoms with Crippen LogP contribution in [0.4, 0.5) is 5.95 Å². The van der Waals surface area contributed by atoms with Gasteiger partial charge in [0.2, 0.25) is 5.95 Å². The minimum atomic E-state index is -0.0426. The number of imidazole rings is 1. The number of aryl methyl sites for hydroxylation is 2. The maximum atomic E-state index is 6.01. The molecule has 88 valence electrons. The molecule has 0 aliphatic rings. The highest BCUT2D eigenvalue weighted by atomic mass is 15.4. The summed E-state index contributed by atoms with van der Waals surface area (Å²) in [5.41, 5.74) is 8.80. The van der Waals surface area contributed by atoms with Crippen LogP contribution in [-0.2, 0) is 12.6 Å². The fraction of sp³-hybridized carbons (Fsp3) is 0.636. The minimum absolute atomic E-state index is 0.0426. The number of anilines is 1. The lowest BCUT2D eigenvalue weighted by Crippen LogP contribution is -2.27. The summed E-state index contributed by atoms with van der Waals surface area (Å²) < 4.78 is 3.92. The molecule has 0 saturated heterocycles. The molecule has 0 saturated carbocycles. The Morgan fingerprint density at radius 2 is 2.00 bits per heavy atom. The number of rotatable bonds is 2. The van der Waals surface area contributed by atoms with Crippen molar-refractivity contribution in [3.8, 4) is 0 Å². The quantitative estimate of drug-likeness (QED) is 0.841. The molecule has 2 aromatic heterocycles. The van der Waals surface area contributed by atoms with Gasteiger partial charge in [-0.1, -0.05) is 6.92 Å². The van der Waals surface area contributed by atoms with Crippen LogP contribution >= 0.6 is 0 Å². The summed E-state index contributed by atoms with van der Waals surface area (Å²) in [6, 6.07) is 0. The number of nitrogen functional groups attached to an aromatic ring is 1. The third-order valence-corrected chi connectivity index (χ3v) is 3.30. The van der Waals surface area contributed by atoms with Gasteiger partial charge in [0, 0.05) is 12.6 Å². The molecule has 5 nitrogen and oxygen atoms in total. The SMILES string of the molecule is CCC(C)(C)n1c(N)nc2c(C)nn(C)c21. The molecule has 0 aromatic carbocycles. The van der Waals surface area contributed by atoms with Gasteiger partial charge in [-0.25, -0.2) is 4.98 Å². The third-order valence-electron chi connectivity index (χ3n) is 3.30. The van der Waals surface area contributed by atoms with Crippen molar-refractivity contribution in [2.45, 2.75) is 39.7 Å². The molecule has 0 amide bonds. The Hall–Kier alpha value is -1.52. The lowest BCUT2D eigenvalue weighted by molar-refractivity contribution is 0.352. The van der Waals surface area contributed by atoms with Crippen LogP contribution in [0.3, 0.4) is 0 Å². The number of hydrogen-bond acceptors (Lipinski definition) is 3. The van der Waals surface area contributed by atoms with Crippen LogP contribution in [-0.4, -0.2) is 19.3 Å². The average Bonchev–Trinajstić information content (AvgIpc) is 2.66. The van der Waals surface area contributed by atoms with Crippen molar-refractivity contribution < 1.29 is 0 Å². The van der Waals surface area contributed by atoms with Gasteiger partial charge in [-0.3, -0.25) is 9.25 Å². The van der Waals surface area contributed by atoms with Gasteiger partial charge in [-0.2, -0.15) is 5.10 Å². The molecule has 5 heteroatoms. The molecule has 2 heterocycles. The van der Waals surface area contributed by atoms with E-state index in [1.54, 1.807) is 0 Å². The van der Waals surface area contributed by atoms with Crippen LogP contribution < -0.4 is 5.73 Å². The Balaban J connectivity index is 2.83. The second-order valence-corrected chi connectivity index (χ2v) is 4.85. The topological polar surface area (TPSA) is 61.7 Å². The predicted octanol–water partition coefficient (Wildman–Crippen LogP) is 1.81. The standard InChI is InChI=1S/C11H19N5/c1-6-11(3,4)16-9-8(13-10(16)12)7(2)14-15(9)5/h6H2,1-5H3,(H2,12,13). The van der Waals surface area contributed by atoms with E-state index in [9.17, 15) is 0 Å². The third kappa shape index (κ3) is 1.31. The van der Waals surface area contributed by atoms with Crippen molar-refractivity contribution in [1.82, 2.24) is 19.3 Å². The van der Waals surface area contributed by atoms with Crippen molar-refractivity contribution >= 4 is 17.1 Å². The van der Waals surface area contributed by atoms with Gasteiger partial charge in [0.05, 0.1) is 5.69 Å². The smallest absolute Gasteiger partial charge is 0.203 e. The summed E-state index contributed by atoms with van der Waals surface area (Å²) in [5.74, 6) is 0.568. The molecule has 0 unspecified atom stereocenters. The fourth-order valence-corrected chi connectivity index (χ4v) is 2.04. The summed E-state index contributed by atoms with van der Waals surface area (Å²) in [4.78, 5) is 4.41. The van der Waals surface area contributed by atoms with E-state index in [0.717, 1.165) is 23.3 Å². The summed E-state index contributed by atoms with van der Waals surface area (Å²) in [6.45, 7) is 8.42. The maximum Gasteiger partial charge on any atom is 0.203 e. The largest absolute Gasteiger partial charge is 0.369 e. The van der Waals surface area contributed by atoms with Crippen molar-refractivity contribution in [1.29, 1.82) is 0 Å². The fourth-order valence-electron chi connectivity index (χ4n) is 2.04. The monoisotopic (exact) mass is 221 g/mol. The number of fused-ring (bicyclic) bond motifs is 1. The van der Waals surface area contributed by atoms with Gasteiger partial charge in [0.15, 0.2) is 5.65 Å². The minimum Gasteiger partial charge on any atom is -0.369 e. The second-order valence-electron chi connectivity index (χ2n) is 4.85. The predicted molar refractivity (Wildman–Crippen MR) is 65.3 cm³/mol. The molecule has 16 heavy (non-hydrogen) atoms. The van der Waals surface area contributed by atoms with Gasteiger partial charge in [0.25, 0.3) is 0 Å². The van der Waals surface area contributed by atoms with Crippen LogP contribution in [0.25, 0.3) is 11.2 Å². The normalized spacial score (nSPS) is 12.6. The molecule has 0 fully saturated rings. The second kappa shape index (κ2) is 3.23. The zero-order valence-corrected chi connectivity index (χ0v) is 10.6. The molecule has 0 bridgehead atoms. The molecule has 0 spiro atoms. The summed E-state index contributed by atoms with van der Waals surface area (Å²) in [5, 5.41) is 4.38. The number of nitrogens with zero attached hydrogens (tertiary/aromatic N) is 4. The first-order valence-electron chi connectivity index (χ1n) is 5.56. The highest BCUT2D eigenvalue weighted by molar-refractivity contribution is 5.77. The maximum absolute atomic E-state index is 6.01. The van der Waals surface area contributed by atoms with Crippen LogP contribution in [0.2, 0.25) is 0 Å². The van der Waals surface area contributed by atoms with Crippen LogP contribution in [0.15, 0.2) is 0 Å². The highest BCUT2D eigenvalue weighted by Gasteiger charge is 2.26. The van der Waals surface area contributed by atoms with E-state index in [1.807, 2.05) is 18.7 Å². The van der Waals surface area contributed by atoms with Crippen LogP contribution in [0, 0.1) is 6.92 Å². The van der Waals surface area contributed by atoms with Gasteiger partial charge < -0.3 is 5.73 Å². The Bertz CT molecular complexity index is 532. The van der Waals surface area contributed by atoms with Crippen molar-refractivity contribution in [2.75, 3.05) is 5.73 Å².